The highest BCUT2D eigenvalue weighted by Gasteiger charge is 2.30. The lowest BCUT2D eigenvalue weighted by Crippen LogP contribution is -2.21. The minimum atomic E-state index is -4.52. The summed E-state index contributed by atoms with van der Waals surface area (Å²) in [7, 11) is 0. The average molecular weight is 395 g/mol. The zero-order valence-corrected chi connectivity index (χ0v) is 14.9. The first-order valence-corrected chi connectivity index (χ1v) is 8.37. The molecular weight excluding hydrogens is 381 g/mol. The number of halogens is 4. The molecule has 0 aliphatic rings. The minimum absolute atomic E-state index is 0.0152. The topological polar surface area (TPSA) is 44.1 Å². The highest BCUT2D eigenvalue weighted by atomic mass is 35.5. The molecule has 140 valence electrons. The van der Waals surface area contributed by atoms with E-state index in [0.717, 1.165) is 16.7 Å². The van der Waals surface area contributed by atoms with E-state index in [4.69, 9.17) is 16.3 Å². The molecule has 0 fully saturated rings. The van der Waals surface area contributed by atoms with Gasteiger partial charge in [0.2, 0.25) is 0 Å². The van der Waals surface area contributed by atoms with Crippen molar-refractivity contribution < 1.29 is 17.9 Å². The van der Waals surface area contributed by atoms with E-state index in [1.54, 1.807) is 24.3 Å². The van der Waals surface area contributed by atoms with Gasteiger partial charge in [-0.05, 0) is 37.3 Å². The lowest BCUT2D eigenvalue weighted by molar-refractivity contribution is -0.137. The summed E-state index contributed by atoms with van der Waals surface area (Å²) in [6.45, 7) is 2.27. The number of hydrogen-bond donors (Lipinski definition) is 0. The van der Waals surface area contributed by atoms with Gasteiger partial charge in [0.25, 0.3) is 5.56 Å². The predicted molar refractivity (Wildman–Crippen MR) is 96.5 cm³/mol. The maximum Gasteiger partial charge on any atom is 0.416 e. The van der Waals surface area contributed by atoms with E-state index in [1.165, 1.54) is 18.3 Å². The van der Waals surface area contributed by atoms with Crippen LogP contribution in [0, 0.1) is 0 Å². The van der Waals surface area contributed by atoms with Crippen molar-refractivity contribution in [2.75, 3.05) is 6.61 Å². The van der Waals surface area contributed by atoms with E-state index in [9.17, 15) is 18.0 Å². The van der Waals surface area contributed by atoms with Crippen molar-refractivity contribution in [2.45, 2.75) is 13.1 Å². The Kier molecular flexibility index (Phi) is 5.23. The van der Waals surface area contributed by atoms with Crippen LogP contribution in [-0.4, -0.2) is 16.2 Å². The third-order valence-corrected chi connectivity index (χ3v) is 3.93. The second-order valence-electron chi connectivity index (χ2n) is 5.60. The first-order valence-electron chi connectivity index (χ1n) is 7.99. The second-order valence-corrected chi connectivity index (χ2v) is 5.98. The number of nitrogens with zero attached hydrogens (tertiary/aromatic N) is 2. The smallest absolute Gasteiger partial charge is 0.416 e. The van der Waals surface area contributed by atoms with Gasteiger partial charge in [-0.15, -0.1) is 0 Å². The van der Waals surface area contributed by atoms with Crippen LogP contribution < -0.4 is 10.3 Å². The molecule has 0 amide bonds. The summed E-state index contributed by atoms with van der Waals surface area (Å²) in [5.74, 6) is 0.543. The summed E-state index contributed by atoms with van der Waals surface area (Å²) in [4.78, 5) is 16.9. The molecule has 0 atom stereocenters. The van der Waals surface area contributed by atoms with Crippen LogP contribution in [0.5, 0.6) is 5.75 Å². The Hall–Kier alpha value is -2.80. The zero-order chi connectivity index (χ0) is 19.6. The summed E-state index contributed by atoms with van der Waals surface area (Å²) in [6, 6.07) is 11.1. The van der Waals surface area contributed by atoms with Crippen LogP contribution in [0.3, 0.4) is 0 Å². The van der Waals surface area contributed by atoms with E-state index < -0.39 is 17.3 Å². The fraction of sp³-hybridized carbons (Fsp3) is 0.158. The van der Waals surface area contributed by atoms with Gasteiger partial charge in [-0.2, -0.15) is 13.2 Å². The molecule has 2 aromatic carbocycles. The Bertz CT molecular complexity index is 1030. The van der Waals surface area contributed by atoms with E-state index >= 15 is 0 Å². The van der Waals surface area contributed by atoms with Crippen molar-refractivity contribution in [3.05, 3.63) is 75.8 Å². The van der Waals surface area contributed by atoms with Crippen LogP contribution in [0.2, 0.25) is 5.15 Å². The third-order valence-electron chi connectivity index (χ3n) is 3.75. The number of hydrogen-bond acceptors (Lipinski definition) is 3. The Labute approximate surface area is 157 Å². The van der Waals surface area contributed by atoms with E-state index in [-0.39, 0.29) is 16.5 Å². The molecule has 0 unspecified atom stereocenters. The molecule has 0 radical (unpaired) electrons. The van der Waals surface area contributed by atoms with Crippen LogP contribution in [0.1, 0.15) is 12.5 Å². The lowest BCUT2D eigenvalue weighted by atomic mass is 10.1. The lowest BCUT2D eigenvalue weighted by Gasteiger charge is -2.12. The Morgan fingerprint density at radius 3 is 2.59 bits per heavy atom. The van der Waals surface area contributed by atoms with E-state index in [0.29, 0.717) is 17.9 Å². The van der Waals surface area contributed by atoms with Gasteiger partial charge in [0.15, 0.2) is 0 Å². The maximum atomic E-state index is 13.0. The molecule has 8 heteroatoms. The summed E-state index contributed by atoms with van der Waals surface area (Å²) in [5, 5.41) is -0.0242. The molecule has 0 aliphatic carbocycles. The summed E-state index contributed by atoms with van der Waals surface area (Å²) >= 11 is 6.03. The van der Waals surface area contributed by atoms with Gasteiger partial charge >= 0.3 is 6.18 Å². The van der Waals surface area contributed by atoms with Crippen LogP contribution in [0.4, 0.5) is 13.2 Å². The molecule has 3 rings (SSSR count). The number of rotatable bonds is 4. The van der Waals surface area contributed by atoms with Crippen molar-refractivity contribution in [2.24, 2.45) is 0 Å². The molecule has 1 aromatic heterocycles. The highest BCUT2D eigenvalue weighted by Crippen LogP contribution is 2.30. The Balaban J connectivity index is 2.15. The van der Waals surface area contributed by atoms with Gasteiger partial charge < -0.3 is 4.74 Å². The summed E-state index contributed by atoms with van der Waals surface area (Å²) in [5.41, 5.74) is -0.941. The molecule has 0 saturated carbocycles. The number of benzene rings is 2. The van der Waals surface area contributed by atoms with Crippen molar-refractivity contribution in [3.8, 4) is 22.7 Å². The van der Waals surface area contributed by atoms with E-state index in [2.05, 4.69) is 4.98 Å². The van der Waals surface area contributed by atoms with Gasteiger partial charge in [0.1, 0.15) is 16.6 Å². The SMILES string of the molecule is CCOc1cccc(-c2nc(Cl)cn(-c3cccc(C(F)(F)F)c3)c2=O)c1. The molecule has 27 heavy (non-hydrogen) atoms. The molecule has 0 aliphatic heterocycles. The van der Waals surface area contributed by atoms with E-state index in [1.807, 2.05) is 6.92 Å². The number of ether oxygens (including phenoxy) is 1. The monoisotopic (exact) mass is 394 g/mol. The predicted octanol–water partition coefficient (Wildman–Crippen LogP) is 4.97. The molecule has 3 aromatic rings. The van der Waals surface area contributed by atoms with Gasteiger partial charge in [-0.1, -0.05) is 29.8 Å². The minimum Gasteiger partial charge on any atom is -0.494 e. The third kappa shape index (κ3) is 4.14. The molecule has 0 N–H and O–H groups in total. The van der Waals surface area contributed by atoms with Crippen molar-refractivity contribution >= 4 is 11.6 Å². The average Bonchev–Trinajstić information content (AvgIpc) is 2.63. The summed E-state index contributed by atoms with van der Waals surface area (Å²) in [6.07, 6.45) is -3.33. The first-order chi connectivity index (χ1) is 12.8. The number of aromatic nitrogens is 2. The standard InChI is InChI=1S/C19H14ClF3N2O2/c1-2-27-15-8-3-5-12(9-15)17-18(26)25(11-16(20)24-17)14-7-4-6-13(10-14)19(21,22)23/h3-11H,2H2,1H3. The molecule has 0 saturated heterocycles. The fourth-order valence-corrected chi connectivity index (χ4v) is 2.76. The Morgan fingerprint density at radius 1 is 1.15 bits per heavy atom. The summed E-state index contributed by atoms with van der Waals surface area (Å²) < 4.78 is 45.4. The normalized spacial score (nSPS) is 11.4. The molecule has 4 nitrogen and oxygen atoms in total. The van der Waals surface area contributed by atoms with Crippen LogP contribution >= 0.6 is 11.6 Å². The van der Waals surface area contributed by atoms with Crippen molar-refractivity contribution in [1.29, 1.82) is 0 Å². The van der Waals surface area contributed by atoms with Gasteiger partial charge in [-0.3, -0.25) is 9.36 Å². The van der Waals surface area contributed by atoms with Gasteiger partial charge in [-0.25, -0.2) is 4.98 Å². The van der Waals surface area contributed by atoms with Crippen molar-refractivity contribution in [1.82, 2.24) is 9.55 Å². The van der Waals surface area contributed by atoms with Crippen LogP contribution in [0.15, 0.2) is 59.5 Å². The largest absolute Gasteiger partial charge is 0.494 e. The second kappa shape index (κ2) is 7.44. The maximum absolute atomic E-state index is 13.0. The quantitative estimate of drug-likeness (QED) is 0.627. The Morgan fingerprint density at radius 2 is 1.89 bits per heavy atom. The highest BCUT2D eigenvalue weighted by molar-refractivity contribution is 6.29. The van der Waals surface area contributed by atoms with Gasteiger partial charge in [0.05, 0.1) is 18.4 Å². The molecule has 0 spiro atoms. The van der Waals surface area contributed by atoms with Crippen LogP contribution in [-0.2, 0) is 6.18 Å². The molecule has 0 bridgehead atoms. The van der Waals surface area contributed by atoms with Crippen LogP contribution in [0.25, 0.3) is 16.9 Å². The zero-order valence-electron chi connectivity index (χ0n) is 14.1. The fourth-order valence-electron chi connectivity index (χ4n) is 2.57. The molecule has 1 heterocycles. The van der Waals surface area contributed by atoms with Gasteiger partial charge in [0, 0.05) is 11.3 Å². The van der Waals surface area contributed by atoms with Crippen molar-refractivity contribution in [3.63, 3.8) is 0 Å². The number of alkyl halides is 3. The first kappa shape index (κ1) is 19.0. The molecular formula is C19H14ClF3N2O2.